The van der Waals surface area contributed by atoms with Gasteiger partial charge in [-0.05, 0) is 55.6 Å². The van der Waals surface area contributed by atoms with Gasteiger partial charge in [-0.1, -0.05) is 30.3 Å². The number of rotatable bonds is 6. The van der Waals surface area contributed by atoms with Gasteiger partial charge in [0.2, 0.25) is 11.8 Å². The van der Waals surface area contributed by atoms with E-state index in [0.717, 1.165) is 29.1 Å². The number of carbonyl (C=O) groups is 4. The molecule has 1 saturated heterocycles. The first kappa shape index (κ1) is 27.6. The average molecular weight is 565 g/mol. The first-order valence-corrected chi connectivity index (χ1v) is 12.4. The molecule has 0 aliphatic carbocycles. The minimum Gasteiger partial charge on any atom is -0.489 e. The number of amides is 5. The van der Waals surface area contributed by atoms with Gasteiger partial charge in [0.25, 0.3) is 0 Å². The summed E-state index contributed by atoms with van der Waals surface area (Å²) >= 11 is 0. The van der Waals surface area contributed by atoms with E-state index >= 15 is 0 Å². The Labute approximate surface area is 231 Å². The zero-order chi connectivity index (χ0) is 29.5. The summed E-state index contributed by atoms with van der Waals surface area (Å²) in [5.41, 5.74) is 0.191. The molecule has 5 rings (SSSR count). The topological polar surface area (TPSA) is 118 Å². The second kappa shape index (κ2) is 10.2. The number of aromatic nitrogens is 1. The molecule has 3 aromatic carbocycles. The largest absolute Gasteiger partial charge is 0.489 e. The highest BCUT2D eigenvalue weighted by Gasteiger charge is 2.52. The number of aryl methyl sites for hydroxylation is 1. The number of anilines is 1. The Balaban J connectivity index is 1.49. The van der Waals surface area contributed by atoms with E-state index in [0.29, 0.717) is 16.0 Å². The summed E-state index contributed by atoms with van der Waals surface area (Å²) in [6.07, 6.45) is -5.32. The van der Waals surface area contributed by atoms with E-state index < -0.39 is 41.9 Å². The van der Waals surface area contributed by atoms with Gasteiger partial charge in [0, 0.05) is 28.6 Å². The summed E-state index contributed by atoms with van der Waals surface area (Å²) in [6.45, 7) is 2.17. The number of halogens is 3. The third kappa shape index (κ3) is 5.28. The summed E-state index contributed by atoms with van der Waals surface area (Å²) in [4.78, 5) is 54.1. The molecule has 0 saturated carbocycles. The van der Waals surface area contributed by atoms with Crippen LogP contribution in [0.2, 0.25) is 0 Å². The number of nitrogens with one attached hydrogen (secondary N) is 2. The highest BCUT2D eigenvalue weighted by atomic mass is 19.4. The van der Waals surface area contributed by atoms with Crippen molar-refractivity contribution in [3.8, 4) is 5.75 Å². The van der Waals surface area contributed by atoms with Crippen molar-refractivity contribution in [1.29, 1.82) is 0 Å². The first-order chi connectivity index (χ1) is 19.4. The van der Waals surface area contributed by atoms with Gasteiger partial charge in [-0.2, -0.15) is 13.2 Å². The number of para-hydroxylation sites is 1. The van der Waals surface area contributed by atoms with Gasteiger partial charge in [-0.3, -0.25) is 30.0 Å². The van der Waals surface area contributed by atoms with Crippen molar-refractivity contribution in [2.45, 2.75) is 26.6 Å². The number of nitrogens with zero attached hydrogens (tertiary/aromatic N) is 2. The van der Waals surface area contributed by atoms with Crippen LogP contribution in [0.5, 0.6) is 5.75 Å². The molecule has 4 aromatic rings. The van der Waals surface area contributed by atoms with Crippen LogP contribution in [-0.4, -0.2) is 41.5 Å². The lowest BCUT2D eigenvalue weighted by atomic mass is 9.85. The average Bonchev–Trinajstić information content (AvgIpc) is 2.92. The summed E-state index contributed by atoms with van der Waals surface area (Å²) in [7, 11) is 0. The number of ether oxygens (including phenoxy) is 1. The molecule has 41 heavy (non-hydrogen) atoms. The smallest absolute Gasteiger partial charge is 0.471 e. The molecule has 12 heteroatoms. The predicted molar refractivity (Wildman–Crippen MR) is 143 cm³/mol. The van der Waals surface area contributed by atoms with Crippen molar-refractivity contribution in [3.63, 3.8) is 0 Å². The summed E-state index contributed by atoms with van der Waals surface area (Å²) in [5.74, 6) is -4.09. The summed E-state index contributed by atoms with van der Waals surface area (Å²) < 4.78 is 47.2. The van der Waals surface area contributed by atoms with Crippen LogP contribution in [0.4, 0.5) is 23.7 Å². The Kier molecular flexibility index (Phi) is 6.85. The van der Waals surface area contributed by atoms with Crippen LogP contribution in [0, 0.1) is 12.3 Å². The number of hydrogen-bond acceptors (Lipinski definition) is 6. The molecule has 2 N–H and O–H groups in total. The molecular formula is C29H23F3N4O5. The zero-order valence-corrected chi connectivity index (χ0v) is 21.8. The minimum atomic E-state index is -5.32. The lowest BCUT2D eigenvalue weighted by Gasteiger charge is -2.36. The number of fused-ring (bicyclic) bond motifs is 2. The normalized spacial score (nSPS) is 15.0. The van der Waals surface area contributed by atoms with Crippen molar-refractivity contribution in [3.05, 3.63) is 78.0 Å². The third-order valence-electron chi connectivity index (χ3n) is 6.86. The summed E-state index contributed by atoms with van der Waals surface area (Å²) in [5, 5.41) is 5.37. The monoisotopic (exact) mass is 564 g/mol. The number of pyridine rings is 1. The Bertz CT molecular complexity index is 1720. The first-order valence-electron chi connectivity index (χ1n) is 12.4. The van der Waals surface area contributed by atoms with Gasteiger partial charge >= 0.3 is 18.1 Å². The van der Waals surface area contributed by atoms with Gasteiger partial charge < -0.3 is 9.64 Å². The predicted octanol–water partition coefficient (Wildman–Crippen LogP) is 4.54. The lowest BCUT2D eigenvalue weighted by molar-refractivity contribution is -0.171. The Hall–Kier alpha value is -5.00. The van der Waals surface area contributed by atoms with Crippen LogP contribution >= 0.6 is 0 Å². The van der Waals surface area contributed by atoms with Crippen LogP contribution in [0.3, 0.4) is 0 Å². The maximum absolute atomic E-state index is 13.7. The molecule has 1 aromatic heterocycles. The fourth-order valence-corrected chi connectivity index (χ4v) is 4.74. The molecule has 2 heterocycles. The van der Waals surface area contributed by atoms with E-state index in [1.807, 2.05) is 47.9 Å². The zero-order valence-electron chi connectivity index (χ0n) is 21.8. The SMILES string of the molecule is Cc1cc(COc2ccc3c(N(CC4(C)C(=O)NC(=O)NC4=O)C(=O)C(F)(F)F)cccc3c2)c2ccccc2n1. The van der Waals surface area contributed by atoms with E-state index in [2.05, 4.69) is 4.98 Å². The van der Waals surface area contributed by atoms with Crippen LogP contribution < -0.4 is 20.3 Å². The second-order valence-corrected chi connectivity index (χ2v) is 9.85. The minimum absolute atomic E-state index is 0.175. The van der Waals surface area contributed by atoms with Crippen molar-refractivity contribution in [2.75, 3.05) is 11.4 Å². The fraction of sp³-hybridized carbons (Fsp3) is 0.207. The molecule has 1 aliphatic rings. The number of barbiturate groups is 1. The molecule has 9 nitrogen and oxygen atoms in total. The van der Waals surface area contributed by atoms with E-state index in [-0.39, 0.29) is 17.7 Å². The molecule has 0 spiro atoms. The molecular weight excluding hydrogens is 541 g/mol. The maximum atomic E-state index is 13.7. The lowest BCUT2D eigenvalue weighted by Crippen LogP contribution is -2.65. The van der Waals surface area contributed by atoms with Crippen LogP contribution in [0.1, 0.15) is 18.2 Å². The van der Waals surface area contributed by atoms with Crippen LogP contribution in [-0.2, 0) is 21.0 Å². The Morgan fingerprint density at radius 1 is 0.951 bits per heavy atom. The second-order valence-electron chi connectivity index (χ2n) is 9.85. The number of imide groups is 2. The van der Waals surface area contributed by atoms with Crippen molar-refractivity contribution in [2.24, 2.45) is 5.41 Å². The van der Waals surface area contributed by atoms with E-state index in [4.69, 9.17) is 4.74 Å². The molecule has 0 radical (unpaired) electrons. The van der Waals surface area contributed by atoms with Gasteiger partial charge in [0.15, 0.2) is 0 Å². The molecule has 1 aliphatic heterocycles. The van der Waals surface area contributed by atoms with E-state index in [1.165, 1.54) is 18.2 Å². The van der Waals surface area contributed by atoms with Crippen molar-refractivity contribution >= 4 is 51.1 Å². The number of hydrogen-bond donors (Lipinski definition) is 2. The van der Waals surface area contributed by atoms with Gasteiger partial charge in [0.1, 0.15) is 17.8 Å². The van der Waals surface area contributed by atoms with Crippen LogP contribution in [0.15, 0.2) is 66.7 Å². The standard InChI is InChI=1S/C29H23F3N4O5/c1-16-12-18(20-7-3-4-8-22(20)33-16)14-41-19-10-11-21-17(13-19)6-5-9-23(21)36(26(39)29(30,31)32)15-28(2)24(37)34-27(40)35-25(28)38/h3-13H,14-15H2,1-2H3,(H2,34,35,37,38,40). The van der Waals surface area contributed by atoms with Crippen molar-refractivity contribution < 1.29 is 37.1 Å². The van der Waals surface area contributed by atoms with E-state index in [9.17, 15) is 32.3 Å². The number of carbonyl (C=O) groups excluding carboxylic acids is 4. The molecule has 5 amide bonds. The van der Waals surface area contributed by atoms with Gasteiger partial charge in [0.05, 0.1) is 11.2 Å². The quantitative estimate of drug-likeness (QED) is 0.332. The molecule has 210 valence electrons. The Morgan fingerprint density at radius 3 is 2.37 bits per heavy atom. The molecule has 1 fully saturated rings. The van der Waals surface area contributed by atoms with Crippen LogP contribution in [0.25, 0.3) is 21.7 Å². The van der Waals surface area contributed by atoms with E-state index in [1.54, 1.807) is 18.2 Å². The fourth-order valence-electron chi connectivity index (χ4n) is 4.74. The maximum Gasteiger partial charge on any atom is 0.471 e. The van der Waals surface area contributed by atoms with Gasteiger partial charge in [-0.15, -0.1) is 0 Å². The van der Waals surface area contributed by atoms with Gasteiger partial charge in [-0.25, -0.2) is 4.79 Å². The molecule has 0 bridgehead atoms. The number of benzene rings is 3. The number of urea groups is 1. The molecule has 0 atom stereocenters. The molecule has 0 unspecified atom stereocenters. The Morgan fingerprint density at radius 2 is 1.66 bits per heavy atom. The van der Waals surface area contributed by atoms with Crippen molar-refractivity contribution in [1.82, 2.24) is 15.6 Å². The summed E-state index contributed by atoms with van der Waals surface area (Å²) in [6, 6.07) is 17.5. The highest BCUT2D eigenvalue weighted by molar-refractivity contribution is 6.20. The highest BCUT2D eigenvalue weighted by Crippen LogP contribution is 2.35. The number of alkyl halides is 3. The third-order valence-corrected chi connectivity index (χ3v) is 6.86.